The Morgan fingerprint density at radius 1 is 1.48 bits per heavy atom. The zero-order valence-corrected chi connectivity index (χ0v) is 13.0. The van der Waals surface area contributed by atoms with E-state index in [1.807, 2.05) is 19.2 Å². The summed E-state index contributed by atoms with van der Waals surface area (Å²) in [6.07, 6.45) is 6.45. The third-order valence-corrected chi connectivity index (χ3v) is 3.91. The maximum absolute atomic E-state index is 11.7. The number of hydrogen-bond donors (Lipinski definition) is 1. The molecule has 0 aromatic carbocycles. The Labute approximate surface area is 126 Å². The molecule has 0 bridgehead atoms. The van der Waals surface area contributed by atoms with Gasteiger partial charge in [-0.2, -0.15) is 0 Å². The highest BCUT2D eigenvalue weighted by atomic mass is 16.5. The van der Waals surface area contributed by atoms with Gasteiger partial charge in [-0.25, -0.2) is 9.78 Å². The molecule has 1 atom stereocenters. The average Bonchev–Trinajstić information content (AvgIpc) is 2.53. The molecule has 1 fully saturated rings. The summed E-state index contributed by atoms with van der Waals surface area (Å²) in [6.45, 7) is 4.25. The third kappa shape index (κ3) is 4.17. The van der Waals surface area contributed by atoms with E-state index in [-0.39, 0.29) is 5.97 Å². The molecule has 1 aliphatic rings. The van der Waals surface area contributed by atoms with Gasteiger partial charge in [-0.3, -0.25) is 0 Å². The van der Waals surface area contributed by atoms with Crippen LogP contribution in [0.25, 0.3) is 0 Å². The lowest BCUT2D eigenvalue weighted by Gasteiger charge is -2.36. The quantitative estimate of drug-likeness (QED) is 0.815. The van der Waals surface area contributed by atoms with Crippen molar-refractivity contribution in [1.82, 2.24) is 10.3 Å². The van der Waals surface area contributed by atoms with Crippen LogP contribution in [0.3, 0.4) is 0 Å². The lowest BCUT2D eigenvalue weighted by molar-refractivity contribution is 0.0526. The normalized spacial score (nSPS) is 18.6. The minimum Gasteiger partial charge on any atom is -0.462 e. The van der Waals surface area contributed by atoms with Crippen molar-refractivity contribution in [2.75, 3.05) is 31.6 Å². The number of ether oxygens (including phenoxy) is 1. The highest BCUT2D eigenvalue weighted by molar-refractivity contribution is 5.89. The fraction of sp³-hybridized carbons (Fsp3) is 0.625. The largest absolute Gasteiger partial charge is 0.462 e. The van der Waals surface area contributed by atoms with Crippen molar-refractivity contribution >= 4 is 11.8 Å². The summed E-state index contributed by atoms with van der Waals surface area (Å²) in [6, 6.07) is 4.28. The van der Waals surface area contributed by atoms with Crippen LogP contribution in [0.1, 0.15) is 43.0 Å². The van der Waals surface area contributed by atoms with Crippen LogP contribution in [0.2, 0.25) is 0 Å². The molecule has 5 nitrogen and oxygen atoms in total. The van der Waals surface area contributed by atoms with E-state index in [0.29, 0.717) is 18.2 Å². The number of hydrogen-bond acceptors (Lipinski definition) is 5. The van der Waals surface area contributed by atoms with Crippen LogP contribution >= 0.6 is 0 Å². The van der Waals surface area contributed by atoms with Crippen molar-refractivity contribution < 1.29 is 9.53 Å². The van der Waals surface area contributed by atoms with E-state index in [0.717, 1.165) is 25.3 Å². The Balaban J connectivity index is 2.06. The summed E-state index contributed by atoms with van der Waals surface area (Å²) in [5, 5.41) is 3.22. The molecule has 1 aromatic heterocycles. The van der Waals surface area contributed by atoms with E-state index >= 15 is 0 Å². The summed E-state index contributed by atoms with van der Waals surface area (Å²) in [5.41, 5.74) is 0.518. The molecule has 0 radical (unpaired) electrons. The van der Waals surface area contributed by atoms with Gasteiger partial charge in [0.2, 0.25) is 0 Å². The number of pyridine rings is 1. The molecule has 21 heavy (non-hydrogen) atoms. The molecule has 1 unspecified atom stereocenters. The van der Waals surface area contributed by atoms with E-state index < -0.39 is 0 Å². The first-order valence-corrected chi connectivity index (χ1v) is 7.80. The maximum Gasteiger partial charge on any atom is 0.339 e. The van der Waals surface area contributed by atoms with Crippen molar-refractivity contribution in [3.05, 3.63) is 23.9 Å². The summed E-state index contributed by atoms with van der Waals surface area (Å²) in [5.74, 6) is 0.658. The molecule has 0 saturated carbocycles. The summed E-state index contributed by atoms with van der Waals surface area (Å²) >= 11 is 0. The molecule has 2 rings (SSSR count). The van der Waals surface area contributed by atoms with E-state index in [4.69, 9.17) is 4.74 Å². The minimum absolute atomic E-state index is 0.304. The minimum atomic E-state index is -0.304. The number of piperidine rings is 1. The number of nitrogens with one attached hydrogen (secondary N) is 1. The highest BCUT2D eigenvalue weighted by Gasteiger charge is 2.23. The molecule has 1 aromatic rings. The molecule has 5 heteroatoms. The van der Waals surface area contributed by atoms with Gasteiger partial charge >= 0.3 is 5.97 Å². The predicted molar refractivity (Wildman–Crippen MR) is 83.7 cm³/mol. The molecule has 1 N–H and O–H groups in total. The molecule has 1 aliphatic heterocycles. The van der Waals surface area contributed by atoms with E-state index in [1.165, 1.54) is 19.3 Å². The fourth-order valence-corrected chi connectivity index (χ4v) is 2.80. The Kier molecular flexibility index (Phi) is 5.99. The molecule has 0 spiro atoms. The zero-order chi connectivity index (χ0) is 15.1. The van der Waals surface area contributed by atoms with Gasteiger partial charge in [0.25, 0.3) is 0 Å². The second-order valence-corrected chi connectivity index (χ2v) is 5.36. The number of carbonyl (C=O) groups is 1. The van der Waals surface area contributed by atoms with Gasteiger partial charge in [-0.05, 0) is 58.3 Å². The van der Waals surface area contributed by atoms with Crippen LogP contribution in [0.4, 0.5) is 5.82 Å². The van der Waals surface area contributed by atoms with Crippen LogP contribution in [-0.4, -0.2) is 43.7 Å². The summed E-state index contributed by atoms with van der Waals surface area (Å²) in [4.78, 5) is 18.5. The Hall–Kier alpha value is -1.62. The molecule has 0 amide bonds. The molecular formula is C16H25N3O2. The monoisotopic (exact) mass is 291 g/mol. The van der Waals surface area contributed by atoms with Gasteiger partial charge in [-0.1, -0.05) is 0 Å². The highest BCUT2D eigenvalue weighted by Crippen LogP contribution is 2.25. The van der Waals surface area contributed by atoms with Crippen molar-refractivity contribution in [3.8, 4) is 0 Å². The molecule has 116 valence electrons. The Morgan fingerprint density at radius 2 is 2.33 bits per heavy atom. The summed E-state index contributed by atoms with van der Waals surface area (Å²) in [7, 11) is 1.99. The fourth-order valence-electron chi connectivity index (χ4n) is 2.80. The first kappa shape index (κ1) is 15.8. The van der Waals surface area contributed by atoms with Gasteiger partial charge in [0.15, 0.2) is 0 Å². The van der Waals surface area contributed by atoms with Crippen molar-refractivity contribution in [2.24, 2.45) is 0 Å². The first-order valence-electron chi connectivity index (χ1n) is 7.80. The van der Waals surface area contributed by atoms with E-state index in [9.17, 15) is 4.79 Å². The van der Waals surface area contributed by atoms with Crippen LogP contribution < -0.4 is 10.2 Å². The second kappa shape index (κ2) is 7.98. The van der Waals surface area contributed by atoms with Crippen molar-refractivity contribution in [1.29, 1.82) is 0 Å². The van der Waals surface area contributed by atoms with Crippen LogP contribution in [0.5, 0.6) is 0 Å². The zero-order valence-electron chi connectivity index (χ0n) is 13.0. The average molecular weight is 291 g/mol. The van der Waals surface area contributed by atoms with Crippen LogP contribution in [0.15, 0.2) is 18.3 Å². The number of anilines is 1. The second-order valence-electron chi connectivity index (χ2n) is 5.36. The van der Waals surface area contributed by atoms with E-state index in [1.54, 1.807) is 13.1 Å². The lowest BCUT2D eigenvalue weighted by atomic mass is 9.99. The van der Waals surface area contributed by atoms with Crippen LogP contribution in [0, 0.1) is 0 Å². The third-order valence-electron chi connectivity index (χ3n) is 3.91. The van der Waals surface area contributed by atoms with Crippen molar-refractivity contribution in [2.45, 2.75) is 38.6 Å². The maximum atomic E-state index is 11.7. The van der Waals surface area contributed by atoms with Gasteiger partial charge in [0.1, 0.15) is 5.82 Å². The van der Waals surface area contributed by atoms with Crippen LogP contribution in [-0.2, 0) is 4.74 Å². The number of aromatic nitrogens is 1. The SMILES string of the molecule is CCOC(=O)c1ccc(N2CCCCC2CCNC)nc1. The standard InChI is InChI=1S/C16H25N3O2/c1-3-21-16(20)13-7-8-15(18-12-13)19-11-5-4-6-14(19)9-10-17-2/h7-8,12,14,17H,3-6,9-11H2,1-2H3. The Morgan fingerprint density at radius 3 is 3.00 bits per heavy atom. The van der Waals surface area contributed by atoms with Gasteiger partial charge in [0.05, 0.1) is 12.2 Å². The number of carbonyl (C=O) groups excluding carboxylic acids is 1. The van der Waals surface area contributed by atoms with Gasteiger partial charge < -0.3 is 15.0 Å². The van der Waals surface area contributed by atoms with Gasteiger partial charge in [-0.15, -0.1) is 0 Å². The molecule has 1 saturated heterocycles. The smallest absolute Gasteiger partial charge is 0.339 e. The molecular weight excluding hydrogens is 266 g/mol. The molecule has 0 aliphatic carbocycles. The number of rotatable bonds is 6. The first-order chi connectivity index (χ1) is 10.3. The topological polar surface area (TPSA) is 54.5 Å². The Bertz CT molecular complexity index is 447. The van der Waals surface area contributed by atoms with E-state index in [2.05, 4.69) is 15.2 Å². The summed E-state index contributed by atoms with van der Waals surface area (Å²) < 4.78 is 4.99. The molecule has 2 heterocycles. The number of nitrogens with zero attached hydrogens (tertiary/aromatic N) is 2. The number of esters is 1. The predicted octanol–water partition coefficient (Wildman–Crippen LogP) is 2.23. The lowest BCUT2D eigenvalue weighted by Crippen LogP contribution is -2.41. The van der Waals surface area contributed by atoms with Gasteiger partial charge in [0, 0.05) is 18.8 Å². The van der Waals surface area contributed by atoms with Crippen molar-refractivity contribution in [3.63, 3.8) is 0 Å².